The number of halogens is 3. The summed E-state index contributed by atoms with van der Waals surface area (Å²) in [5.41, 5.74) is 4.08. The monoisotopic (exact) mass is 574 g/mol. The molecule has 1 aliphatic carbocycles. The molecule has 2 N–H and O–H groups in total. The fourth-order valence-electron chi connectivity index (χ4n) is 5.05. The molecule has 6 rings (SSSR count). The Bertz CT molecular complexity index is 1800. The predicted molar refractivity (Wildman–Crippen MR) is 148 cm³/mol. The van der Waals surface area contributed by atoms with Gasteiger partial charge >= 0.3 is 0 Å². The maximum absolute atomic E-state index is 13.7. The van der Waals surface area contributed by atoms with Crippen molar-refractivity contribution in [1.29, 1.82) is 0 Å². The molecule has 1 amide bonds. The Morgan fingerprint density at radius 2 is 1.82 bits per heavy atom. The minimum Gasteiger partial charge on any atom is -0.350 e. The third-order valence-corrected chi connectivity index (χ3v) is 7.63. The molecule has 3 heterocycles. The van der Waals surface area contributed by atoms with E-state index in [4.69, 9.17) is 0 Å². The van der Waals surface area contributed by atoms with Crippen LogP contribution in [0, 0.1) is 11.6 Å². The lowest BCUT2D eigenvalue weighted by Crippen LogP contribution is -2.32. The van der Waals surface area contributed by atoms with Gasteiger partial charge in [0.25, 0.3) is 11.5 Å². The SMILES string of the molecule is CN1C=CC(C(=O)NCc2cc(F)ccc2Br)=c2ccc3c4c([nH]c(=O)c-4c21)=CCN3c1ccc(F)cc1. The van der Waals surface area contributed by atoms with E-state index in [2.05, 4.69) is 26.2 Å². The van der Waals surface area contributed by atoms with Gasteiger partial charge in [-0.3, -0.25) is 9.59 Å². The molecular formula is C29H21BrF2N4O2. The van der Waals surface area contributed by atoms with Crippen LogP contribution in [0.4, 0.5) is 25.8 Å². The van der Waals surface area contributed by atoms with Crippen LogP contribution in [0.2, 0.25) is 0 Å². The zero-order valence-corrected chi connectivity index (χ0v) is 21.8. The minimum absolute atomic E-state index is 0.119. The Kier molecular flexibility index (Phi) is 5.87. The molecule has 0 spiro atoms. The summed E-state index contributed by atoms with van der Waals surface area (Å²) in [6.07, 6.45) is 5.37. The normalized spacial score (nSPS) is 13.9. The molecule has 3 aliphatic heterocycles. The van der Waals surface area contributed by atoms with Crippen LogP contribution in [-0.4, -0.2) is 24.5 Å². The second-order valence-electron chi connectivity index (χ2n) is 9.15. The highest BCUT2D eigenvalue weighted by atomic mass is 79.9. The van der Waals surface area contributed by atoms with Gasteiger partial charge in [-0.1, -0.05) is 15.9 Å². The van der Waals surface area contributed by atoms with Gasteiger partial charge in [0.05, 0.1) is 22.5 Å². The lowest BCUT2D eigenvalue weighted by Gasteiger charge is -2.27. The highest BCUT2D eigenvalue weighted by molar-refractivity contribution is 9.10. The molecule has 0 saturated carbocycles. The number of amides is 1. The topological polar surface area (TPSA) is 68.4 Å². The zero-order chi connectivity index (χ0) is 26.6. The summed E-state index contributed by atoms with van der Waals surface area (Å²) >= 11 is 3.39. The average molecular weight is 575 g/mol. The smallest absolute Gasteiger partial charge is 0.258 e. The highest BCUT2D eigenvalue weighted by Gasteiger charge is 2.28. The number of hydrogen-bond donors (Lipinski definition) is 2. The molecule has 2 aromatic carbocycles. The number of carbonyl (C=O) groups is 1. The Hall–Kier alpha value is -4.24. The molecule has 0 atom stereocenters. The molecule has 6 nitrogen and oxygen atoms in total. The fourth-order valence-corrected chi connectivity index (χ4v) is 5.44. The van der Waals surface area contributed by atoms with Gasteiger partial charge in [-0.15, -0.1) is 0 Å². The molecular weight excluding hydrogens is 554 g/mol. The maximum atomic E-state index is 13.7. The summed E-state index contributed by atoms with van der Waals surface area (Å²) in [5.74, 6) is -1.08. The molecule has 4 aliphatic rings. The molecule has 2 aromatic rings. The number of hydrogen-bond acceptors (Lipinski definition) is 4. The summed E-state index contributed by atoms with van der Waals surface area (Å²) in [6.45, 7) is 0.601. The molecule has 9 heteroatoms. The van der Waals surface area contributed by atoms with Gasteiger partial charge < -0.3 is 20.1 Å². The summed E-state index contributed by atoms with van der Waals surface area (Å²) in [7, 11) is 1.83. The van der Waals surface area contributed by atoms with E-state index in [1.807, 2.05) is 35.1 Å². The van der Waals surface area contributed by atoms with Gasteiger partial charge in [-0.05, 0) is 72.3 Å². The summed E-state index contributed by atoms with van der Waals surface area (Å²) < 4.78 is 28.0. The first kappa shape index (κ1) is 24.1. The number of H-pyrrole nitrogens is 1. The molecule has 0 bridgehead atoms. The van der Waals surface area contributed by atoms with Crippen LogP contribution < -0.4 is 31.2 Å². The van der Waals surface area contributed by atoms with Gasteiger partial charge in [-0.25, -0.2) is 8.78 Å². The minimum atomic E-state index is -0.393. The van der Waals surface area contributed by atoms with Crippen molar-refractivity contribution in [1.82, 2.24) is 10.3 Å². The number of anilines is 3. The van der Waals surface area contributed by atoms with Crippen molar-refractivity contribution >= 4 is 50.5 Å². The fraction of sp³-hybridized carbons (Fsp3) is 0.103. The number of aromatic amines is 1. The lowest BCUT2D eigenvalue weighted by molar-refractivity contribution is -0.115. The zero-order valence-electron chi connectivity index (χ0n) is 20.2. The Morgan fingerprint density at radius 1 is 1.05 bits per heavy atom. The van der Waals surface area contributed by atoms with E-state index < -0.39 is 5.82 Å². The van der Waals surface area contributed by atoms with Crippen LogP contribution >= 0.6 is 15.9 Å². The highest BCUT2D eigenvalue weighted by Crippen LogP contribution is 2.37. The molecule has 0 saturated heterocycles. The largest absolute Gasteiger partial charge is 0.350 e. The second-order valence-corrected chi connectivity index (χ2v) is 10.0. The van der Waals surface area contributed by atoms with E-state index in [-0.39, 0.29) is 23.8 Å². The van der Waals surface area contributed by atoms with Gasteiger partial charge in [0, 0.05) is 52.6 Å². The number of rotatable bonds is 4. The first-order valence-electron chi connectivity index (χ1n) is 11.9. The van der Waals surface area contributed by atoms with Crippen molar-refractivity contribution in [3.63, 3.8) is 0 Å². The van der Waals surface area contributed by atoms with Gasteiger partial charge in [0.15, 0.2) is 0 Å². The quantitative estimate of drug-likeness (QED) is 0.388. The molecule has 0 unspecified atom stereocenters. The van der Waals surface area contributed by atoms with Crippen molar-refractivity contribution in [2.24, 2.45) is 0 Å². The number of nitrogens with one attached hydrogen (secondary N) is 2. The number of fused-ring (bicyclic) bond motifs is 2. The van der Waals surface area contributed by atoms with E-state index in [0.717, 1.165) is 16.9 Å². The van der Waals surface area contributed by atoms with E-state index in [0.29, 0.717) is 44.0 Å². The molecule has 0 radical (unpaired) electrons. The van der Waals surface area contributed by atoms with E-state index in [1.165, 1.54) is 24.3 Å². The number of carbonyl (C=O) groups excluding carboxylic acids is 1. The van der Waals surface area contributed by atoms with Crippen LogP contribution in [0.1, 0.15) is 5.56 Å². The van der Waals surface area contributed by atoms with E-state index in [9.17, 15) is 18.4 Å². The van der Waals surface area contributed by atoms with Crippen LogP contribution in [0.5, 0.6) is 0 Å². The average Bonchev–Trinajstić information content (AvgIpc) is 3.11. The Morgan fingerprint density at radius 3 is 2.61 bits per heavy atom. The molecule has 0 aromatic heterocycles. The third kappa shape index (κ3) is 3.99. The molecule has 190 valence electrons. The van der Waals surface area contributed by atoms with Crippen molar-refractivity contribution in [2.45, 2.75) is 6.54 Å². The van der Waals surface area contributed by atoms with Crippen LogP contribution in [0.3, 0.4) is 0 Å². The molecule has 38 heavy (non-hydrogen) atoms. The third-order valence-electron chi connectivity index (χ3n) is 6.86. The van der Waals surface area contributed by atoms with Gasteiger partial charge in [-0.2, -0.15) is 0 Å². The Labute approximate surface area is 224 Å². The van der Waals surface area contributed by atoms with Crippen molar-refractivity contribution in [3.05, 3.63) is 109 Å². The summed E-state index contributed by atoms with van der Waals surface area (Å²) in [5, 5.41) is 4.17. The standard InChI is InChI=1S/C29H21BrF2N4O2/c1-35-12-10-21(28(37)33-15-16-14-18(32)4-8-22(16)30)20-7-9-24-25-23(34-29(38)26(25)27(20)35)11-13-36(24)19-5-2-17(31)3-6-19/h2-12,14H,13,15H2,1H3,(H,33,37)(H,34,38). The van der Waals surface area contributed by atoms with Crippen LogP contribution in [0.25, 0.3) is 22.8 Å². The predicted octanol–water partition coefficient (Wildman–Crippen LogP) is 3.88. The van der Waals surface area contributed by atoms with Crippen molar-refractivity contribution in [3.8, 4) is 11.1 Å². The lowest BCUT2D eigenvalue weighted by atomic mass is 10.0. The van der Waals surface area contributed by atoms with Crippen molar-refractivity contribution < 1.29 is 13.6 Å². The van der Waals surface area contributed by atoms with Crippen LogP contribution in [0.15, 0.2) is 76.1 Å². The summed E-state index contributed by atoms with van der Waals surface area (Å²) in [6, 6.07) is 14.2. The van der Waals surface area contributed by atoms with E-state index in [1.54, 1.807) is 30.5 Å². The Balaban J connectivity index is 1.51. The van der Waals surface area contributed by atoms with E-state index >= 15 is 0 Å². The first-order chi connectivity index (χ1) is 18.3. The second kappa shape index (κ2) is 9.25. The maximum Gasteiger partial charge on any atom is 0.258 e. The van der Waals surface area contributed by atoms with Gasteiger partial charge in [0.2, 0.25) is 0 Å². The molecule has 0 fully saturated rings. The van der Waals surface area contributed by atoms with Crippen molar-refractivity contribution in [2.75, 3.05) is 23.4 Å². The van der Waals surface area contributed by atoms with Gasteiger partial charge in [0.1, 0.15) is 11.6 Å². The first-order valence-corrected chi connectivity index (χ1v) is 12.7. The van der Waals surface area contributed by atoms with Crippen LogP contribution in [-0.2, 0) is 11.3 Å². The number of nitrogens with zero attached hydrogens (tertiary/aromatic N) is 2. The number of benzene rings is 2. The summed E-state index contributed by atoms with van der Waals surface area (Å²) in [4.78, 5) is 33.5. The number of aromatic nitrogens is 1.